The summed E-state index contributed by atoms with van der Waals surface area (Å²) >= 11 is 0. The summed E-state index contributed by atoms with van der Waals surface area (Å²) in [6.45, 7) is -0.0260. The molecule has 1 N–H and O–H groups in total. The lowest BCUT2D eigenvalue weighted by Crippen LogP contribution is -2.45. The molecule has 0 heterocycles. The van der Waals surface area contributed by atoms with Crippen molar-refractivity contribution in [2.75, 3.05) is 6.54 Å². The van der Waals surface area contributed by atoms with Crippen molar-refractivity contribution in [1.82, 2.24) is 4.90 Å². The van der Waals surface area contributed by atoms with Gasteiger partial charge in [0.15, 0.2) is 0 Å². The monoisotopic (exact) mass is 503 g/mol. The van der Waals surface area contributed by atoms with E-state index >= 15 is 0 Å². The molecule has 0 spiro atoms. The van der Waals surface area contributed by atoms with E-state index in [1.807, 2.05) is 12.1 Å². The number of ether oxygens (including phenoxy) is 1. The van der Waals surface area contributed by atoms with Crippen LogP contribution in [-0.2, 0) is 11.3 Å². The molecule has 1 aliphatic carbocycles. The highest BCUT2D eigenvalue weighted by Crippen LogP contribution is 2.43. The third kappa shape index (κ3) is 8.45. The molecule has 3 rings (SSSR count). The van der Waals surface area contributed by atoms with Crippen molar-refractivity contribution < 1.29 is 41.0 Å². The lowest BCUT2D eigenvalue weighted by molar-refractivity contribution is -0.274. The van der Waals surface area contributed by atoms with Gasteiger partial charge in [0.25, 0.3) is 0 Å². The zero-order chi connectivity index (χ0) is 25.6. The molecule has 0 bridgehead atoms. The largest absolute Gasteiger partial charge is 0.573 e. The molecular weight excluding hydrogens is 476 g/mol. The standard InChI is InChI=1S/C25H27F6NO3/c26-24(27,28)13-14-32(16-17-5-2-1-3-6-17)21-8-4-7-19(15-22(33)34)23(21)18-9-11-20(12-10-18)35-25(29,30)31/h1-3,5-6,9-12,19,21,23H,4,7-8,13-16H2,(H,33,34)/t19-,21-,23-/m1/s1. The van der Waals surface area contributed by atoms with Crippen molar-refractivity contribution in [3.63, 3.8) is 0 Å². The van der Waals surface area contributed by atoms with Crippen molar-refractivity contribution in [2.24, 2.45) is 5.92 Å². The molecule has 2 aromatic carbocycles. The van der Waals surface area contributed by atoms with Crippen molar-refractivity contribution in [2.45, 2.75) is 63.1 Å². The molecule has 0 aromatic heterocycles. The summed E-state index contributed by atoms with van der Waals surface area (Å²) in [5.41, 5.74) is 1.41. The number of carboxylic acid groups (broad SMARTS) is 1. The van der Waals surface area contributed by atoms with Gasteiger partial charge in [-0.3, -0.25) is 9.69 Å². The van der Waals surface area contributed by atoms with Gasteiger partial charge in [-0.15, -0.1) is 13.2 Å². The Morgan fingerprint density at radius 2 is 1.63 bits per heavy atom. The van der Waals surface area contributed by atoms with Crippen molar-refractivity contribution in [1.29, 1.82) is 0 Å². The topological polar surface area (TPSA) is 49.8 Å². The first-order valence-corrected chi connectivity index (χ1v) is 11.3. The van der Waals surface area contributed by atoms with E-state index in [0.717, 1.165) is 17.7 Å². The minimum Gasteiger partial charge on any atom is -0.481 e. The molecule has 0 radical (unpaired) electrons. The van der Waals surface area contributed by atoms with Gasteiger partial charge in [0.2, 0.25) is 0 Å². The number of halogens is 6. The number of alkyl halides is 6. The minimum atomic E-state index is -4.86. The highest BCUT2D eigenvalue weighted by molar-refractivity contribution is 5.67. The summed E-state index contributed by atoms with van der Waals surface area (Å²) in [6, 6.07) is 13.8. The summed E-state index contributed by atoms with van der Waals surface area (Å²) in [7, 11) is 0. The molecule has 1 saturated carbocycles. The van der Waals surface area contributed by atoms with Crippen LogP contribution in [0.4, 0.5) is 26.3 Å². The number of hydrogen-bond acceptors (Lipinski definition) is 3. The maximum atomic E-state index is 13.2. The number of aliphatic carboxylic acids is 1. The lowest BCUT2D eigenvalue weighted by atomic mass is 9.70. The second kappa shape index (κ2) is 11.3. The van der Waals surface area contributed by atoms with Gasteiger partial charge in [0, 0.05) is 31.5 Å². The number of carboxylic acids is 1. The van der Waals surface area contributed by atoms with E-state index in [2.05, 4.69) is 4.74 Å². The number of benzene rings is 2. The SMILES string of the molecule is O=C(O)C[C@H]1CCC[C@@H](N(CCC(F)(F)F)Cc2ccccc2)[C@@H]1c1ccc(OC(F)(F)F)cc1. The normalized spacial score (nSPS) is 21.2. The van der Waals surface area contributed by atoms with Gasteiger partial charge in [-0.25, -0.2) is 0 Å². The molecule has 35 heavy (non-hydrogen) atoms. The molecular formula is C25H27F6NO3. The van der Waals surface area contributed by atoms with Crippen LogP contribution in [0.3, 0.4) is 0 Å². The van der Waals surface area contributed by atoms with Crippen LogP contribution in [0, 0.1) is 5.92 Å². The molecule has 2 aromatic rings. The van der Waals surface area contributed by atoms with Crippen LogP contribution in [-0.4, -0.2) is 41.1 Å². The van der Waals surface area contributed by atoms with E-state index in [4.69, 9.17) is 0 Å². The van der Waals surface area contributed by atoms with Crippen LogP contribution in [0.15, 0.2) is 54.6 Å². The Hall–Kier alpha value is -2.75. The Bertz CT molecular complexity index is 946. The van der Waals surface area contributed by atoms with Crippen molar-refractivity contribution in [3.8, 4) is 5.75 Å². The van der Waals surface area contributed by atoms with E-state index in [-0.39, 0.29) is 25.4 Å². The van der Waals surface area contributed by atoms with Gasteiger partial charge < -0.3 is 9.84 Å². The third-order valence-corrected chi connectivity index (χ3v) is 6.31. The lowest BCUT2D eigenvalue weighted by Gasteiger charge is -2.44. The quantitative estimate of drug-likeness (QED) is 0.384. The zero-order valence-corrected chi connectivity index (χ0v) is 18.9. The number of rotatable bonds is 9. The maximum absolute atomic E-state index is 13.2. The average molecular weight is 503 g/mol. The van der Waals surface area contributed by atoms with Gasteiger partial charge in [-0.2, -0.15) is 13.2 Å². The van der Waals surface area contributed by atoms with Crippen LogP contribution in [0.25, 0.3) is 0 Å². The molecule has 1 aliphatic rings. The maximum Gasteiger partial charge on any atom is 0.573 e. The molecule has 4 nitrogen and oxygen atoms in total. The predicted octanol–water partition coefficient (Wildman–Crippen LogP) is 6.77. The van der Waals surface area contributed by atoms with Gasteiger partial charge in [-0.05, 0) is 42.0 Å². The molecule has 0 unspecified atom stereocenters. The summed E-state index contributed by atoms with van der Waals surface area (Å²) in [5.74, 6) is -2.27. The smallest absolute Gasteiger partial charge is 0.481 e. The minimum absolute atomic E-state index is 0.180. The zero-order valence-electron chi connectivity index (χ0n) is 18.9. The first kappa shape index (κ1) is 26.8. The Kier molecular flexibility index (Phi) is 8.69. The second-order valence-corrected chi connectivity index (χ2v) is 8.82. The number of hydrogen-bond donors (Lipinski definition) is 1. The molecule has 0 saturated heterocycles. The van der Waals surface area contributed by atoms with E-state index in [0.29, 0.717) is 24.8 Å². The first-order valence-electron chi connectivity index (χ1n) is 11.3. The van der Waals surface area contributed by atoms with Crippen molar-refractivity contribution in [3.05, 3.63) is 65.7 Å². The fourth-order valence-corrected chi connectivity index (χ4v) is 4.96. The fourth-order valence-electron chi connectivity index (χ4n) is 4.96. The summed E-state index contributed by atoms with van der Waals surface area (Å²) in [6.07, 6.45) is -8.67. The fraction of sp³-hybridized carbons (Fsp3) is 0.480. The Balaban J connectivity index is 1.95. The van der Waals surface area contributed by atoms with Gasteiger partial charge >= 0.3 is 18.5 Å². The van der Waals surface area contributed by atoms with E-state index in [9.17, 15) is 36.2 Å². The molecule has 0 amide bonds. The van der Waals surface area contributed by atoms with Crippen LogP contribution in [0.1, 0.15) is 49.1 Å². The third-order valence-electron chi connectivity index (χ3n) is 6.31. The van der Waals surface area contributed by atoms with Crippen LogP contribution in [0.2, 0.25) is 0 Å². The molecule has 3 atom stereocenters. The first-order chi connectivity index (χ1) is 16.4. The number of carbonyl (C=O) groups is 1. The van der Waals surface area contributed by atoms with Crippen LogP contribution < -0.4 is 4.74 Å². The Morgan fingerprint density at radius 3 is 2.20 bits per heavy atom. The summed E-state index contributed by atoms with van der Waals surface area (Å²) in [4.78, 5) is 13.3. The average Bonchev–Trinajstić information content (AvgIpc) is 2.76. The second-order valence-electron chi connectivity index (χ2n) is 8.82. The molecule has 1 fully saturated rings. The predicted molar refractivity (Wildman–Crippen MR) is 117 cm³/mol. The summed E-state index contributed by atoms with van der Waals surface area (Å²) < 4.78 is 81.1. The highest BCUT2D eigenvalue weighted by atomic mass is 19.4. The van der Waals surface area contributed by atoms with Crippen LogP contribution in [0.5, 0.6) is 5.75 Å². The van der Waals surface area contributed by atoms with Crippen molar-refractivity contribution >= 4 is 5.97 Å². The van der Waals surface area contributed by atoms with Gasteiger partial charge in [0.1, 0.15) is 5.75 Å². The molecule has 192 valence electrons. The van der Waals surface area contributed by atoms with Gasteiger partial charge in [-0.1, -0.05) is 48.9 Å². The van der Waals surface area contributed by atoms with E-state index < -0.39 is 42.6 Å². The summed E-state index contributed by atoms with van der Waals surface area (Å²) in [5, 5.41) is 9.46. The molecule has 0 aliphatic heterocycles. The Morgan fingerprint density at radius 1 is 0.971 bits per heavy atom. The molecule has 10 heteroatoms. The van der Waals surface area contributed by atoms with E-state index in [1.165, 1.54) is 12.1 Å². The van der Waals surface area contributed by atoms with Gasteiger partial charge in [0.05, 0.1) is 6.42 Å². The van der Waals surface area contributed by atoms with Crippen LogP contribution >= 0.6 is 0 Å². The Labute approximate surface area is 199 Å². The van der Waals surface area contributed by atoms with E-state index in [1.54, 1.807) is 23.1 Å². The highest BCUT2D eigenvalue weighted by Gasteiger charge is 2.40. The number of nitrogens with zero attached hydrogens (tertiary/aromatic N) is 1.